The zero-order valence-electron chi connectivity index (χ0n) is 7.27. The zero-order chi connectivity index (χ0) is 9.71. The number of fused-ring (bicyclic) bond motifs is 1. The Kier molecular flexibility index (Phi) is 1.50. The minimum absolute atomic E-state index is 0.0338. The number of carbonyl (C=O) groups excluding carboxylic acids is 1. The van der Waals surface area contributed by atoms with Gasteiger partial charge in [0.2, 0.25) is 0 Å². The van der Waals surface area contributed by atoms with Gasteiger partial charge >= 0.3 is 6.03 Å². The summed E-state index contributed by atoms with van der Waals surface area (Å²) in [6.45, 7) is 0. The van der Waals surface area contributed by atoms with Crippen LogP contribution >= 0.6 is 11.6 Å². The summed E-state index contributed by atoms with van der Waals surface area (Å²) < 4.78 is 0. The van der Waals surface area contributed by atoms with Gasteiger partial charge in [0.1, 0.15) is 5.15 Å². The average Bonchev–Trinajstić information content (AvgIpc) is 2.78. The van der Waals surface area contributed by atoms with Crippen molar-refractivity contribution in [1.29, 1.82) is 0 Å². The van der Waals surface area contributed by atoms with Crippen LogP contribution in [0.25, 0.3) is 0 Å². The molecule has 1 aliphatic heterocycles. The monoisotopic (exact) mass is 209 g/mol. The predicted octanol–water partition coefficient (Wildman–Crippen LogP) is 1.41. The van der Waals surface area contributed by atoms with Crippen LogP contribution in [0.2, 0.25) is 5.15 Å². The van der Waals surface area contributed by atoms with Crippen molar-refractivity contribution in [1.82, 2.24) is 10.3 Å². The third-order valence-electron chi connectivity index (χ3n) is 2.60. The van der Waals surface area contributed by atoms with Crippen molar-refractivity contribution in [2.24, 2.45) is 0 Å². The van der Waals surface area contributed by atoms with Crippen molar-refractivity contribution >= 4 is 23.3 Å². The molecule has 72 valence electrons. The van der Waals surface area contributed by atoms with Crippen molar-refractivity contribution < 1.29 is 4.79 Å². The average molecular weight is 210 g/mol. The van der Waals surface area contributed by atoms with Crippen LogP contribution in [-0.2, 0) is 0 Å². The topological polar surface area (TPSA) is 45.2 Å². The lowest BCUT2D eigenvalue weighted by atomic mass is 10.3. The second-order valence-corrected chi connectivity index (χ2v) is 3.95. The first kappa shape index (κ1) is 8.05. The first-order valence-electron chi connectivity index (χ1n) is 4.47. The molecule has 1 saturated heterocycles. The van der Waals surface area contributed by atoms with E-state index in [9.17, 15) is 4.79 Å². The van der Waals surface area contributed by atoms with Crippen molar-refractivity contribution in [3.05, 3.63) is 23.5 Å². The van der Waals surface area contributed by atoms with E-state index >= 15 is 0 Å². The summed E-state index contributed by atoms with van der Waals surface area (Å²) in [6.07, 6.45) is 2.65. The summed E-state index contributed by atoms with van der Waals surface area (Å²) in [5, 5.41) is 3.30. The Morgan fingerprint density at radius 1 is 1.64 bits per heavy atom. The largest absolute Gasteiger partial charge is 0.333 e. The molecule has 3 rings (SSSR count). The van der Waals surface area contributed by atoms with Gasteiger partial charge in [-0.1, -0.05) is 11.6 Å². The molecule has 0 unspecified atom stereocenters. The van der Waals surface area contributed by atoms with Gasteiger partial charge in [0, 0.05) is 6.20 Å². The number of hydrogen-bond donors (Lipinski definition) is 1. The summed E-state index contributed by atoms with van der Waals surface area (Å²) >= 11 is 5.76. The lowest BCUT2D eigenvalue weighted by Crippen LogP contribution is -2.33. The van der Waals surface area contributed by atoms with E-state index in [0.29, 0.717) is 17.2 Å². The highest BCUT2D eigenvalue weighted by molar-refractivity contribution is 6.29. The smallest absolute Gasteiger partial charge is 0.322 e. The molecule has 0 radical (unpaired) electrons. The van der Waals surface area contributed by atoms with Gasteiger partial charge in [-0.2, -0.15) is 0 Å². The van der Waals surface area contributed by atoms with Crippen LogP contribution in [0.1, 0.15) is 6.42 Å². The van der Waals surface area contributed by atoms with E-state index in [2.05, 4.69) is 10.3 Å². The molecule has 1 aromatic heterocycles. The Bertz CT molecular complexity index is 409. The molecule has 1 aliphatic carbocycles. The third-order valence-corrected chi connectivity index (χ3v) is 2.81. The van der Waals surface area contributed by atoms with Gasteiger partial charge in [-0.15, -0.1) is 0 Å². The molecule has 2 atom stereocenters. The lowest BCUT2D eigenvalue weighted by Gasteiger charge is -2.16. The Morgan fingerprint density at radius 3 is 3.14 bits per heavy atom. The van der Waals surface area contributed by atoms with Crippen molar-refractivity contribution in [3.63, 3.8) is 0 Å². The predicted molar refractivity (Wildman–Crippen MR) is 52.5 cm³/mol. The number of pyridine rings is 1. The molecule has 2 aliphatic rings. The number of nitrogens with one attached hydrogen (secondary N) is 1. The van der Waals surface area contributed by atoms with E-state index in [1.807, 2.05) is 0 Å². The van der Waals surface area contributed by atoms with Gasteiger partial charge in [0.05, 0.1) is 17.8 Å². The molecular weight excluding hydrogens is 202 g/mol. The molecule has 1 saturated carbocycles. The number of urea groups is 1. The molecule has 4 nitrogen and oxygen atoms in total. The van der Waals surface area contributed by atoms with Crippen molar-refractivity contribution in [2.45, 2.75) is 18.5 Å². The van der Waals surface area contributed by atoms with Gasteiger partial charge in [-0.05, 0) is 18.6 Å². The molecule has 5 heteroatoms. The number of amides is 2. The molecule has 1 aromatic rings. The highest BCUT2D eigenvalue weighted by Gasteiger charge is 2.52. The normalized spacial score (nSPS) is 28.6. The molecule has 14 heavy (non-hydrogen) atoms. The van der Waals surface area contributed by atoms with Crippen LogP contribution in [0.4, 0.5) is 10.5 Å². The van der Waals surface area contributed by atoms with Crippen LogP contribution in [-0.4, -0.2) is 23.1 Å². The van der Waals surface area contributed by atoms with Gasteiger partial charge in [0.25, 0.3) is 0 Å². The SMILES string of the molecule is O=C1N[C@H]2C[C@@H]2N1c1ccnc(Cl)c1. The number of aromatic nitrogens is 1. The van der Waals surface area contributed by atoms with E-state index in [-0.39, 0.29) is 6.03 Å². The fourth-order valence-electron chi connectivity index (χ4n) is 1.85. The van der Waals surface area contributed by atoms with E-state index in [1.54, 1.807) is 23.2 Å². The molecule has 2 heterocycles. The molecule has 0 bridgehead atoms. The lowest BCUT2D eigenvalue weighted by molar-refractivity contribution is 0.249. The zero-order valence-corrected chi connectivity index (χ0v) is 8.03. The maximum absolute atomic E-state index is 11.5. The van der Waals surface area contributed by atoms with E-state index in [4.69, 9.17) is 11.6 Å². The molecule has 2 amide bonds. The maximum Gasteiger partial charge on any atom is 0.322 e. The van der Waals surface area contributed by atoms with Gasteiger partial charge in [-0.3, -0.25) is 4.90 Å². The van der Waals surface area contributed by atoms with Crippen LogP contribution in [0.5, 0.6) is 0 Å². The molecule has 0 aromatic carbocycles. The van der Waals surface area contributed by atoms with Crippen LogP contribution in [0.15, 0.2) is 18.3 Å². The summed E-state index contributed by atoms with van der Waals surface area (Å²) in [6, 6.07) is 4.14. The van der Waals surface area contributed by atoms with Crippen molar-refractivity contribution in [2.75, 3.05) is 4.90 Å². The van der Waals surface area contributed by atoms with Crippen LogP contribution < -0.4 is 10.2 Å². The van der Waals surface area contributed by atoms with Gasteiger partial charge < -0.3 is 5.32 Å². The first-order chi connectivity index (χ1) is 6.75. The highest BCUT2D eigenvalue weighted by Crippen LogP contribution is 2.37. The highest BCUT2D eigenvalue weighted by atomic mass is 35.5. The number of rotatable bonds is 1. The number of anilines is 1. The van der Waals surface area contributed by atoms with E-state index < -0.39 is 0 Å². The summed E-state index contributed by atoms with van der Waals surface area (Å²) in [7, 11) is 0. The second-order valence-electron chi connectivity index (χ2n) is 3.57. The van der Waals surface area contributed by atoms with Crippen LogP contribution in [0.3, 0.4) is 0 Å². The number of carbonyl (C=O) groups is 1. The number of nitrogens with zero attached hydrogens (tertiary/aromatic N) is 2. The summed E-state index contributed by atoms with van der Waals surface area (Å²) in [5.74, 6) is 0. The minimum atomic E-state index is -0.0338. The Labute approximate surface area is 85.9 Å². The Balaban J connectivity index is 1.98. The fourth-order valence-corrected chi connectivity index (χ4v) is 2.02. The minimum Gasteiger partial charge on any atom is -0.333 e. The number of hydrogen-bond acceptors (Lipinski definition) is 2. The second kappa shape index (κ2) is 2.60. The van der Waals surface area contributed by atoms with E-state index in [0.717, 1.165) is 12.1 Å². The molecule has 2 fully saturated rings. The quantitative estimate of drug-likeness (QED) is 0.711. The summed E-state index contributed by atoms with van der Waals surface area (Å²) in [5.41, 5.74) is 0.826. The standard InChI is InChI=1S/C9H8ClN3O/c10-8-3-5(1-2-11-8)13-7-4-6(7)12-9(13)14/h1-3,6-7H,4H2,(H,12,14)/t6-,7-/m0/s1. The van der Waals surface area contributed by atoms with Crippen LogP contribution in [0, 0.1) is 0 Å². The van der Waals surface area contributed by atoms with Crippen molar-refractivity contribution in [3.8, 4) is 0 Å². The third kappa shape index (κ3) is 1.07. The fraction of sp³-hybridized carbons (Fsp3) is 0.333. The van der Waals surface area contributed by atoms with Gasteiger partial charge in [-0.25, -0.2) is 9.78 Å². The summed E-state index contributed by atoms with van der Waals surface area (Å²) in [4.78, 5) is 17.1. The Hall–Kier alpha value is -1.29. The Morgan fingerprint density at radius 2 is 2.50 bits per heavy atom. The molecular formula is C9H8ClN3O. The molecule has 1 N–H and O–H groups in total. The number of halogens is 1. The van der Waals surface area contributed by atoms with Gasteiger partial charge in [0.15, 0.2) is 0 Å². The maximum atomic E-state index is 11.5. The van der Waals surface area contributed by atoms with E-state index in [1.165, 1.54) is 0 Å². The first-order valence-corrected chi connectivity index (χ1v) is 4.85. The molecule has 0 spiro atoms.